The molecule has 22 heavy (non-hydrogen) atoms. The number of hydrogen-bond acceptors (Lipinski definition) is 4. The molecule has 0 aromatic heterocycles. The number of carbonyl (C=O) groups excluding carboxylic acids is 2. The molecule has 2 amide bonds. The van der Waals surface area contributed by atoms with Gasteiger partial charge in [0.15, 0.2) is 0 Å². The molecule has 0 heterocycles. The maximum atomic E-state index is 11.6. The number of ether oxygens (including phenoxy) is 1. The monoisotopic (exact) mass is 313 g/mol. The Morgan fingerprint density at radius 3 is 2.32 bits per heavy atom. The Labute approximate surface area is 133 Å². The third-order valence-corrected chi connectivity index (χ3v) is 3.83. The molecule has 0 bridgehead atoms. The fraction of sp³-hybridized carbons (Fsp3) is 0.875. The molecule has 1 rings (SSSR count). The first-order chi connectivity index (χ1) is 10.2. The molecule has 0 aromatic carbocycles. The first-order valence-corrected chi connectivity index (χ1v) is 8.20. The van der Waals surface area contributed by atoms with Gasteiger partial charge in [-0.15, -0.1) is 0 Å². The van der Waals surface area contributed by atoms with Gasteiger partial charge in [-0.3, -0.25) is 4.79 Å². The number of nitrogens with two attached hydrogens (primary N) is 1. The van der Waals surface area contributed by atoms with Gasteiger partial charge >= 0.3 is 6.09 Å². The lowest BCUT2D eigenvalue weighted by Crippen LogP contribution is -2.45. The van der Waals surface area contributed by atoms with E-state index >= 15 is 0 Å². The van der Waals surface area contributed by atoms with Crippen LogP contribution in [-0.4, -0.2) is 36.2 Å². The molecule has 1 atom stereocenters. The summed E-state index contributed by atoms with van der Waals surface area (Å²) in [7, 11) is 0. The Hall–Kier alpha value is -1.30. The van der Waals surface area contributed by atoms with Crippen molar-refractivity contribution in [2.75, 3.05) is 6.54 Å². The molecule has 128 valence electrons. The largest absolute Gasteiger partial charge is 0.444 e. The van der Waals surface area contributed by atoms with E-state index < -0.39 is 11.6 Å². The highest BCUT2D eigenvalue weighted by molar-refractivity contribution is 5.81. The molecule has 1 saturated carbocycles. The number of hydrogen-bond donors (Lipinski definition) is 3. The van der Waals surface area contributed by atoms with Gasteiger partial charge in [0, 0.05) is 12.6 Å². The van der Waals surface area contributed by atoms with Gasteiger partial charge < -0.3 is 21.1 Å². The van der Waals surface area contributed by atoms with E-state index in [1.54, 1.807) is 6.92 Å². The third kappa shape index (κ3) is 7.64. The fourth-order valence-corrected chi connectivity index (χ4v) is 2.62. The van der Waals surface area contributed by atoms with Crippen LogP contribution in [0.1, 0.15) is 59.8 Å². The van der Waals surface area contributed by atoms with Crippen LogP contribution in [-0.2, 0) is 9.53 Å². The molecule has 0 saturated heterocycles. The zero-order chi connectivity index (χ0) is 16.8. The first kappa shape index (κ1) is 18.7. The van der Waals surface area contributed by atoms with Gasteiger partial charge in [0.2, 0.25) is 5.91 Å². The molecule has 1 aliphatic carbocycles. The quantitative estimate of drug-likeness (QED) is 0.723. The SMILES string of the molecule is C[C@H](N)C(=O)NC1CCC(CCNC(=O)OC(C)(C)C)CC1. The Balaban J connectivity index is 2.16. The van der Waals surface area contributed by atoms with Gasteiger partial charge in [0.1, 0.15) is 5.60 Å². The molecule has 0 aromatic rings. The summed E-state index contributed by atoms with van der Waals surface area (Å²) in [6.45, 7) is 7.89. The molecule has 0 aliphatic heterocycles. The van der Waals surface area contributed by atoms with Gasteiger partial charge in [-0.05, 0) is 65.7 Å². The Kier molecular flexibility index (Phi) is 7.13. The highest BCUT2D eigenvalue weighted by Crippen LogP contribution is 2.26. The van der Waals surface area contributed by atoms with Crippen molar-refractivity contribution in [1.29, 1.82) is 0 Å². The molecule has 4 N–H and O–H groups in total. The Bertz CT molecular complexity index is 369. The summed E-state index contributed by atoms with van der Waals surface area (Å²) >= 11 is 0. The van der Waals surface area contributed by atoms with E-state index in [1.807, 2.05) is 20.8 Å². The second-order valence-corrected chi connectivity index (χ2v) is 7.23. The summed E-state index contributed by atoms with van der Waals surface area (Å²) in [6.07, 6.45) is 4.70. The number of amides is 2. The van der Waals surface area contributed by atoms with Crippen LogP contribution in [0.2, 0.25) is 0 Å². The van der Waals surface area contributed by atoms with Crippen molar-refractivity contribution in [2.45, 2.75) is 77.5 Å². The average Bonchev–Trinajstić information content (AvgIpc) is 2.38. The van der Waals surface area contributed by atoms with Crippen molar-refractivity contribution in [1.82, 2.24) is 10.6 Å². The zero-order valence-electron chi connectivity index (χ0n) is 14.3. The van der Waals surface area contributed by atoms with Gasteiger partial charge in [-0.25, -0.2) is 4.79 Å². The second-order valence-electron chi connectivity index (χ2n) is 7.23. The highest BCUT2D eigenvalue weighted by atomic mass is 16.6. The van der Waals surface area contributed by atoms with Crippen LogP contribution < -0.4 is 16.4 Å². The van der Waals surface area contributed by atoms with Crippen LogP contribution in [0.5, 0.6) is 0 Å². The van der Waals surface area contributed by atoms with E-state index in [4.69, 9.17) is 10.5 Å². The predicted molar refractivity (Wildman–Crippen MR) is 86.4 cm³/mol. The minimum absolute atomic E-state index is 0.0740. The van der Waals surface area contributed by atoms with Gasteiger partial charge in [-0.1, -0.05) is 0 Å². The van der Waals surface area contributed by atoms with E-state index in [1.165, 1.54) is 0 Å². The number of alkyl carbamates (subject to hydrolysis) is 1. The molecule has 1 fully saturated rings. The van der Waals surface area contributed by atoms with E-state index in [-0.39, 0.29) is 18.0 Å². The molecular weight excluding hydrogens is 282 g/mol. The Morgan fingerprint density at radius 2 is 1.82 bits per heavy atom. The van der Waals surface area contributed by atoms with E-state index in [0.29, 0.717) is 12.5 Å². The van der Waals surface area contributed by atoms with Crippen LogP contribution in [0.4, 0.5) is 4.79 Å². The zero-order valence-corrected chi connectivity index (χ0v) is 14.3. The number of carbonyl (C=O) groups is 2. The van der Waals surface area contributed by atoms with E-state index in [0.717, 1.165) is 32.1 Å². The second kappa shape index (κ2) is 8.36. The molecular formula is C16H31N3O3. The van der Waals surface area contributed by atoms with Crippen LogP contribution in [0, 0.1) is 5.92 Å². The van der Waals surface area contributed by atoms with Crippen LogP contribution >= 0.6 is 0 Å². The smallest absolute Gasteiger partial charge is 0.407 e. The summed E-state index contributed by atoms with van der Waals surface area (Å²) in [4.78, 5) is 23.1. The van der Waals surface area contributed by atoms with Crippen LogP contribution in [0.25, 0.3) is 0 Å². The summed E-state index contributed by atoms with van der Waals surface area (Å²) in [5.41, 5.74) is 5.10. The maximum absolute atomic E-state index is 11.6. The van der Waals surface area contributed by atoms with Crippen molar-refractivity contribution in [3.63, 3.8) is 0 Å². The van der Waals surface area contributed by atoms with Crippen molar-refractivity contribution in [2.24, 2.45) is 11.7 Å². The van der Waals surface area contributed by atoms with Gasteiger partial charge in [0.05, 0.1) is 6.04 Å². The lowest BCUT2D eigenvalue weighted by atomic mass is 9.84. The lowest BCUT2D eigenvalue weighted by molar-refractivity contribution is -0.123. The molecule has 0 spiro atoms. The third-order valence-electron chi connectivity index (χ3n) is 3.83. The van der Waals surface area contributed by atoms with Crippen LogP contribution in [0.15, 0.2) is 0 Å². The van der Waals surface area contributed by atoms with Crippen LogP contribution in [0.3, 0.4) is 0 Å². The first-order valence-electron chi connectivity index (χ1n) is 8.20. The summed E-state index contributed by atoms with van der Waals surface area (Å²) in [6, 6.07) is -0.204. The molecule has 6 heteroatoms. The summed E-state index contributed by atoms with van der Waals surface area (Å²) in [5, 5.41) is 5.78. The van der Waals surface area contributed by atoms with E-state index in [2.05, 4.69) is 10.6 Å². The van der Waals surface area contributed by atoms with Crippen molar-refractivity contribution < 1.29 is 14.3 Å². The molecule has 0 unspecified atom stereocenters. The number of rotatable bonds is 5. The normalized spacial score (nSPS) is 23.5. The molecule has 1 aliphatic rings. The fourth-order valence-electron chi connectivity index (χ4n) is 2.62. The maximum Gasteiger partial charge on any atom is 0.407 e. The van der Waals surface area contributed by atoms with Gasteiger partial charge in [0.25, 0.3) is 0 Å². The standard InChI is InChI=1S/C16H31N3O3/c1-11(17)14(20)19-13-7-5-12(6-8-13)9-10-18-15(21)22-16(2,3)4/h11-13H,5-10,17H2,1-4H3,(H,18,21)(H,19,20)/t11-,12?,13?/m0/s1. The van der Waals surface area contributed by atoms with Gasteiger partial charge in [-0.2, -0.15) is 0 Å². The van der Waals surface area contributed by atoms with Crippen molar-refractivity contribution in [3.8, 4) is 0 Å². The highest BCUT2D eigenvalue weighted by Gasteiger charge is 2.23. The Morgan fingerprint density at radius 1 is 1.23 bits per heavy atom. The predicted octanol–water partition coefficient (Wildman–Crippen LogP) is 1.92. The molecule has 6 nitrogen and oxygen atoms in total. The topological polar surface area (TPSA) is 93.5 Å². The average molecular weight is 313 g/mol. The summed E-state index contributed by atoms with van der Waals surface area (Å²) < 4.78 is 5.20. The minimum atomic E-state index is -0.458. The lowest BCUT2D eigenvalue weighted by Gasteiger charge is -2.29. The molecule has 0 radical (unpaired) electrons. The minimum Gasteiger partial charge on any atom is -0.444 e. The number of nitrogens with one attached hydrogen (secondary N) is 2. The van der Waals surface area contributed by atoms with E-state index in [9.17, 15) is 9.59 Å². The van der Waals surface area contributed by atoms with Crippen molar-refractivity contribution >= 4 is 12.0 Å². The van der Waals surface area contributed by atoms with Crippen molar-refractivity contribution in [3.05, 3.63) is 0 Å². The summed E-state index contributed by atoms with van der Waals surface area (Å²) in [5.74, 6) is 0.522.